The Morgan fingerprint density at radius 2 is 1.77 bits per heavy atom. The molecule has 2 aromatic carbocycles. The predicted molar refractivity (Wildman–Crippen MR) is 98.9 cm³/mol. The number of hydrogen-bond donors (Lipinski definition) is 1. The van der Waals surface area contributed by atoms with Gasteiger partial charge in [-0.2, -0.15) is 0 Å². The van der Waals surface area contributed by atoms with E-state index in [1.54, 1.807) is 4.90 Å². The van der Waals surface area contributed by atoms with Crippen molar-refractivity contribution in [2.75, 3.05) is 26.3 Å². The molecule has 1 amide bonds. The van der Waals surface area contributed by atoms with Gasteiger partial charge in [0.15, 0.2) is 0 Å². The summed E-state index contributed by atoms with van der Waals surface area (Å²) in [4.78, 5) is 14.4. The van der Waals surface area contributed by atoms with Crippen molar-refractivity contribution in [3.05, 3.63) is 59.7 Å². The van der Waals surface area contributed by atoms with Gasteiger partial charge in [0.25, 0.3) is 0 Å². The lowest BCUT2D eigenvalue weighted by atomic mass is 9.63. The van der Waals surface area contributed by atoms with Gasteiger partial charge in [-0.05, 0) is 41.0 Å². The molecule has 2 atom stereocenters. The average Bonchev–Trinajstić information content (AvgIpc) is 3.12. The van der Waals surface area contributed by atoms with E-state index in [0.29, 0.717) is 19.1 Å². The van der Waals surface area contributed by atoms with Crippen molar-refractivity contribution in [2.45, 2.75) is 18.8 Å². The smallest absolute Gasteiger partial charge is 0.409 e. The number of fused-ring (bicyclic) bond motifs is 4. The first-order valence-corrected chi connectivity index (χ1v) is 9.43. The first kappa shape index (κ1) is 15.9. The summed E-state index contributed by atoms with van der Waals surface area (Å²) >= 11 is 0. The third-order valence-corrected chi connectivity index (χ3v) is 6.71. The Hall–Kier alpha value is -2.33. The van der Waals surface area contributed by atoms with Gasteiger partial charge in [-0.3, -0.25) is 0 Å². The number of aliphatic hydroxyl groups excluding tert-OH is 1. The lowest BCUT2D eigenvalue weighted by Gasteiger charge is -2.42. The summed E-state index contributed by atoms with van der Waals surface area (Å²) in [5.74, 6) is 0.533. The maximum Gasteiger partial charge on any atom is 0.409 e. The normalized spacial score (nSPS) is 26.0. The number of rotatable bonds is 3. The van der Waals surface area contributed by atoms with Crippen LogP contribution in [0.4, 0.5) is 4.79 Å². The number of nitrogens with zero attached hydrogens (tertiary/aromatic N) is 1. The fourth-order valence-corrected chi connectivity index (χ4v) is 5.04. The lowest BCUT2D eigenvalue weighted by molar-refractivity contribution is 0.0130. The second-order valence-electron chi connectivity index (χ2n) is 7.94. The highest BCUT2D eigenvalue weighted by atomic mass is 16.6. The van der Waals surface area contributed by atoms with Crippen molar-refractivity contribution in [1.82, 2.24) is 4.90 Å². The maximum atomic E-state index is 12.6. The largest absolute Gasteiger partial charge is 0.448 e. The quantitative estimate of drug-likeness (QED) is 0.920. The molecule has 1 N–H and O–H groups in total. The van der Waals surface area contributed by atoms with Crippen LogP contribution in [0.2, 0.25) is 0 Å². The summed E-state index contributed by atoms with van der Waals surface area (Å²) in [5.41, 5.74) is 4.88. The number of ether oxygens (including phenoxy) is 1. The zero-order chi connectivity index (χ0) is 17.7. The number of likely N-dealkylation sites (tertiary alicyclic amines) is 1. The van der Waals surface area contributed by atoms with E-state index in [4.69, 9.17) is 4.74 Å². The van der Waals surface area contributed by atoms with Crippen molar-refractivity contribution < 1.29 is 14.6 Å². The van der Waals surface area contributed by atoms with Gasteiger partial charge < -0.3 is 14.7 Å². The van der Waals surface area contributed by atoms with Gasteiger partial charge in [-0.25, -0.2) is 4.79 Å². The Morgan fingerprint density at radius 1 is 1.12 bits per heavy atom. The van der Waals surface area contributed by atoms with Crippen molar-refractivity contribution in [3.8, 4) is 11.1 Å². The Bertz CT molecular complexity index is 814. The molecule has 4 nitrogen and oxygen atoms in total. The topological polar surface area (TPSA) is 49.8 Å². The molecular weight excluding hydrogens is 326 g/mol. The Morgan fingerprint density at radius 3 is 2.31 bits per heavy atom. The summed E-state index contributed by atoms with van der Waals surface area (Å²) in [7, 11) is 0. The number of benzene rings is 2. The highest BCUT2D eigenvalue weighted by Crippen LogP contribution is 2.51. The molecule has 0 unspecified atom stereocenters. The van der Waals surface area contributed by atoms with Crippen molar-refractivity contribution in [1.29, 1.82) is 0 Å². The molecule has 2 aliphatic carbocycles. The number of hydrogen-bond acceptors (Lipinski definition) is 3. The molecule has 1 aliphatic heterocycles. The molecule has 0 spiro atoms. The van der Waals surface area contributed by atoms with E-state index in [1.165, 1.54) is 22.3 Å². The summed E-state index contributed by atoms with van der Waals surface area (Å²) in [5, 5.41) is 9.69. The Kier molecular flexibility index (Phi) is 3.57. The SMILES string of the molecule is O=C(OCC1c2ccccc2-c2ccccc21)N1C[C@@H]2CC[C@]2(CO)C1. The lowest BCUT2D eigenvalue weighted by Crippen LogP contribution is -2.42. The molecule has 1 saturated carbocycles. The molecular formula is C22H23NO3. The number of carbonyl (C=O) groups is 1. The van der Waals surface area contributed by atoms with Crippen LogP contribution >= 0.6 is 0 Å². The van der Waals surface area contributed by atoms with Gasteiger partial charge >= 0.3 is 6.09 Å². The van der Waals surface area contributed by atoms with Crippen LogP contribution in [-0.2, 0) is 4.74 Å². The zero-order valence-corrected chi connectivity index (χ0v) is 14.7. The minimum Gasteiger partial charge on any atom is -0.448 e. The van der Waals surface area contributed by atoms with Crippen LogP contribution in [0.3, 0.4) is 0 Å². The third kappa shape index (κ3) is 2.21. The van der Waals surface area contributed by atoms with Crippen molar-refractivity contribution in [2.24, 2.45) is 11.3 Å². The fraction of sp³-hybridized carbons (Fsp3) is 0.409. The third-order valence-electron chi connectivity index (χ3n) is 6.71. The molecule has 134 valence electrons. The summed E-state index contributed by atoms with van der Waals surface area (Å²) in [6.45, 7) is 1.88. The molecule has 3 aliphatic rings. The molecule has 0 aromatic heterocycles. The Labute approximate surface area is 153 Å². The van der Waals surface area contributed by atoms with E-state index in [2.05, 4.69) is 36.4 Å². The highest BCUT2D eigenvalue weighted by molar-refractivity contribution is 5.79. The monoisotopic (exact) mass is 349 g/mol. The fourth-order valence-electron chi connectivity index (χ4n) is 5.04. The van der Waals surface area contributed by atoms with Crippen molar-refractivity contribution in [3.63, 3.8) is 0 Å². The summed E-state index contributed by atoms with van der Waals surface area (Å²) in [6.07, 6.45) is 1.88. The standard InChI is InChI=1S/C22H23NO3/c24-14-22-10-9-15(22)11-23(13-22)21(25)26-12-20-18-7-3-1-5-16(18)17-6-2-4-8-19(17)20/h1-8,15,20,24H,9-14H2/t15-,22+/m0/s1. The number of amides is 1. The molecule has 2 fully saturated rings. The van der Waals surface area contributed by atoms with Gasteiger partial charge in [0, 0.05) is 24.4 Å². The van der Waals surface area contributed by atoms with Crippen LogP contribution in [0.5, 0.6) is 0 Å². The summed E-state index contributed by atoms with van der Waals surface area (Å²) < 4.78 is 5.74. The van der Waals surface area contributed by atoms with E-state index in [-0.39, 0.29) is 24.0 Å². The molecule has 1 saturated heterocycles. The average molecular weight is 349 g/mol. The molecule has 2 aromatic rings. The first-order valence-electron chi connectivity index (χ1n) is 9.43. The van der Waals surface area contributed by atoms with Crippen LogP contribution in [0.15, 0.2) is 48.5 Å². The molecule has 1 heterocycles. The van der Waals surface area contributed by atoms with Gasteiger partial charge in [0.05, 0.1) is 6.61 Å². The van der Waals surface area contributed by atoms with Gasteiger partial charge in [-0.15, -0.1) is 0 Å². The summed E-state index contributed by atoms with van der Waals surface area (Å²) in [6, 6.07) is 16.7. The van der Waals surface area contributed by atoms with E-state index >= 15 is 0 Å². The second-order valence-corrected chi connectivity index (χ2v) is 7.94. The van der Waals surface area contributed by atoms with Crippen LogP contribution in [0, 0.1) is 11.3 Å². The highest BCUT2D eigenvalue weighted by Gasteiger charge is 2.54. The zero-order valence-electron chi connectivity index (χ0n) is 14.7. The van der Waals surface area contributed by atoms with E-state index in [9.17, 15) is 9.90 Å². The predicted octanol–water partition coefficient (Wildman–Crippen LogP) is 3.64. The molecule has 0 radical (unpaired) electrons. The van der Waals surface area contributed by atoms with Gasteiger partial charge in [0.2, 0.25) is 0 Å². The molecule has 5 rings (SSSR count). The molecule has 26 heavy (non-hydrogen) atoms. The second kappa shape index (κ2) is 5.85. The minimum absolute atomic E-state index is 0.0639. The van der Waals surface area contributed by atoms with Gasteiger partial charge in [-0.1, -0.05) is 48.5 Å². The van der Waals surface area contributed by atoms with E-state index < -0.39 is 0 Å². The van der Waals surface area contributed by atoms with Crippen LogP contribution in [0.25, 0.3) is 11.1 Å². The first-order chi connectivity index (χ1) is 12.7. The van der Waals surface area contributed by atoms with E-state index in [0.717, 1.165) is 19.4 Å². The van der Waals surface area contributed by atoms with Crippen LogP contribution < -0.4 is 0 Å². The van der Waals surface area contributed by atoms with Crippen molar-refractivity contribution >= 4 is 6.09 Å². The maximum absolute atomic E-state index is 12.6. The van der Waals surface area contributed by atoms with Gasteiger partial charge in [0.1, 0.15) is 6.61 Å². The van der Waals surface area contributed by atoms with Crippen LogP contribution in [0.1, 0.15) is 29.9 Å². The van der Waals surface area contributed by atoms with Crippen LogP contribution in [-0.4, -0.2) is 42.4 Å². The minimum atomic E-state index is -0.242. The number of carbonyl (C=O) groups excluding carboxylic acids is 1. The number of aliphatic hydroxyl groups is 1. The molecule has 4 heteroatoms. The van der Waals surface area contributed by atoms with E-state index in [1.807, 2.05) is 12.1 Å². The Balaban J connectivity index is 1.32. The molecule has 0 bridgehead atoms.